The Bertz CT molecular complexity index is 1530. The molecule has 176 valence electrons. The number of nitrogens with zero attached hydrogens (tertiary/aromatic N) is 2. The first kappa shape index (κ1) is 22.6. The molecule has 0 aliphatic rings. The average molecular weight is 493 g/mol. The topological polar surface area (TPSA) is 104 Å². The number of halogens is 2. The van der Waals surface area contributed by atoms with Gasteiger partial charge in [-0.15, -0.1) is 22.0 Å². The molecule has 5 aromatic rings. The lowest BCUT2D eigenvalue weighted by Gasteiger charge is -2.09. The molecule has 0 aliphatic carbocycles. The molecule has 0 bridgehead atoms. The fraction of sp³-hybridized carbons (Fsp3) is 0.0800. The maximum absolute atomic E-state index is 14.8. The van der Waals surface area contributed by atoms with E-state index in [0.717, 1.165) is 10.5 Å². The maximum atomic E-state index is 14.8. The number of hydrogen-bond acceptors (Lipinski definition) is 5. The van der Waals surface area contributed by atoms with E-state index in [1.165, 1.54) is 30.1 Å². The second-order valence-corrected chi connectivity index (χ2v) is 8.75. The number of carbonyl (C=O) groups is 1. The summed E-state index contributed by atoms with van der Waals surface area (Å²) in [5, 5.41) is 17.5. The van der Waals surface area contributed by atoms with E-state index in [1.54, 1.807) is 24.3 Å². The number of fused-ring (bicyclic) bond motifs is 1. The molecule has 0 saturated heterocycles. The predicted octanol–water partition coefficient (Wildman–Crippen LogP) is 5.79. The Balaban J connectivity index is 1.34. The van der Waals surface area contributed by atoms with Crippen molar-refractivity contribution in [3.8, 4) is 22.9 Å². The number of H-pyrrole nitrogens is 2. The van der Waals surface area contributed by atoms with E-state index in [0.29, 0.717) is 29.1 Å². The van der Waals surface area contributed by atoms with Crippen LogP contribution in [0.4, 0.5) is 8.78 Å². The SMILES string of the molecule is O=C(O)CSc1cccc(Cc2nnc(-c3cccc(Oc4c(F)cc5[nH]ccc5c4F)c3)[nH]2)c1. The number of carboxylic acids is 1. The van der Waals surface area contributed by atoms with E-state index in [-0.39, 0.29) is 16.9 Å². The van der Waals surface area contributed by atoms with E-state index >= 15 is 0 Å². The summed E-state index contributed by atoms with van der Waals surface area (Å²) in [4.78, 5) is 17.6. The molecule has 7 nitrogen and oxygen atoms in total. The Morgan fingerprint density at radius 1 is 1.06 bits per heavy atom. The Kier molecular flexibility index (Phi) is 6.19. The standard InChI is InChI=1S/C25H18F2N4O3S/c26-19-12-20-18(7-8-28-20)23(27)24(19)34-16-5-2-4-15(11-16)25-29-21(30-31-25)10-14-3-1-6-17(9-14)35-13-22(32)33/h1-9,11-12,28H,10,13H2,(H,32,33)(H,29,30,31). The van der Waals surface area contributed by atoms with Crippen molar-refractivity contribution in [2.24, 2.45) is 0 Å². The molecule has 35 heavy (non-hydrogen) atoms. The number of rotatable bonds is 8. The first-order chi connectivity index (χ1) is 17.0. The second kappa shape index (κ2) is 9.59. The molecule has 0 fully saturated rings. The molecular weight excluding hydrogens is 474 g/mol. The number of carboxylic acid groups (broad SMARTS) is 1. The molecular formula is C25H18F2N4O3S. The van der Waals surface area contributed by atoms with Crippen LogP contribution in [-0.4, -0.2) is 37.0 Å². The quantitative estimate of drug-likeness (QED) is 0.237. The number of thioether (sulfide) groups is 1. The molecule has 10 heteroatoms. The van der Waals surface area contributed by atoms with Gasteiger partial charge in [0.25, 0.3) is 0 Å². The van der Waals surface area contributed by atoms with Gasteiger partial charge in [0.05, 0.1) is 11.3 Å². The van der Waals surface area contributed by atoms with Crippen molar-refractivity contribution in [3.63, 3.8) is 0 Å². The summed E-state index contributed by atoms with van der Waals surface area (Å²) in [5.41, 5.74) is 1.93. The fourth-order valence-electron chi connectivity index (χ4n) is 3.62. The van der Waals surface area contributed by atoms with Crippen LogP contribution in [0.3, 0.4) is 0 Å². The van der Waals surface area contributed by atoms with Gasteiger partial charge in [-0.25, -0.2) is 8.78 Å². The van der Waals surface area contributed by atoms with Gasteiger partial charge in [-0.1, -0.05) is 24.3 Å². The lowest BCUT2D eigenvalue weighted by Crippen LogP contribution is -1.97. The Labute approximate surface area is 202 Å². The van der Waals surface area contributed by atoms with E-state index < -0.39 is 23.4 Å². The van der Waals surface area contributed by atoms with Crippen molar-refractivity contribution >= 4 is 28.6 Å². The average Bonchev–Trinajstić information content (AvgIpc) is 3.51. The largest absolute Gasteiger partial charge is 0.481 e. The van der Waals surface area contributed by atoms with Crippen molar-refractivity contribution in [1.29, 1.82) is 0 Å². The molecule has 3 aromatic carbocycles. The van der Waals surface area contributed by atoms with Gasteiger partial charge in [-0.3, -0.25) is 4.79 Å². The number of hydrogen-bond donors (Lipinski definition) is 3. The molecule has 0 radical (unpaired) electrons. The van der Waals surface area contributed by atoms with Crippen LogP contribution in [0, 0.1) is 11.6 Å². The molecule has 5 rings (SSSR count). The first-order valence-corrected chi connectivity index (χ1v) is 11.5. The van der Waals surface area contributed by atoms with Gasteiger partial charge in [0, 0.05) is 34.5 Å². The summed E-state index contributed by atoms with van der Waals surface area (Å²) >= 11 is 1.25. The smallest absolute Gasteiger partial charge is 0.313 e. The minimum atomic E-state index is -0.873. The molecule has 0 spiro atoms. The summed E-state index contributed by atoms with van der Waals surface area (Å²) in [6.07, 6.45) is 2.00. The molecule has 2 heterocycles. The van der Waals surface area contributed by atoms with Gasteiger partial charge in [0.1, 0.15) is 11.6 Å². The lowest BCUT2D eigenvalue weighted by molar-refractivity contribution is -0.133. The Morgan fingerprint density at radius 2 is 1.91 bits per heavy atom. The van der Waals surface area contributed by atoms with Gasteiger partial charge in [-0.05, 0) is 35.9 Å². The van der Waals surface area contributed by atoms with Crippen molar-refractivity contribution in [3.05, 3.63) is 89.9 Å². The molecule has 0 atom stereocenters. The van der Waals surface area contributed by atoms with Crippen molar-refractivity contribution < 1.29 is 23.4 Å². The van der Waals surface area contributed by atoms with Crippen LogP contribution in [0.2, 0.25) is 0 Å². The predicted molar refractivity (Wildman–Crippen MR) is 128 cm³/mol. The summed E-state index contributed by atoms with van der Waals surface area (Å²) in [5.74, 6) is -1.62. The first-order valence-electron chi connectivity index (χ1n) is 10.5. The molecule has 0 aliphatic heterocycles. The highest BCUT2D eigenvalue weighted by Gasteiger charge is 2.17. The van der Waals surface area contributed by atoms with E-state index in [4.69, 9.17) is 9.84 Å². The molecule has 2 aromatic heterocycles. The fourth-order valence-corrected chi connectivity index (χ4v) is 4.32. The summed E-state index contributed by atoms with van der Waals surface area (Å²) in [6.45, 7) is 0. The van der Waals surface area contributed by atoms with Gasteiger partial charge < -0.3 is 19.8 Å². The second-order valence-electron chi connectivity index (χ2n) is 7.70. The van der Waals surface area contributed by atoms with E-state index in [9.17, 15) is 13.6 Å². The highest BCUT2D eigenvalue weighted by Crippen LogP contribution is 2.34. The monoisotopic (exact) mass is 492 g/mol. The van der Waals surface area contributed by atoms with Gasteiger partial charge in [0.2, 0.25) is 0 Å². The van der Waals surface area contributed by atoms with Crippen molar-refractivity contribution in [2.75, 3.05) is 5.75 Å². The highest BCUT2D eigenvalue weighted by atomic mass is 32.2. The van der Waals surface area contributed by atoms with Crippen LogP contribution in [0.1, 0.15) is 11.4 Å². The maximum Gasteiger partial charge on any atom is 0.313 e. The molecule has 0 amide bonds. The minimum Gasteiger partial charge on any atom is -0.481 e. The zero-order valence-electron chi connectivity index (χ0n) is 18.1. The highest BCUT2D eigenvalue weighted by molar-refractivity contribution is 8.00. The van der Waals surface area contributed by atoms with Crippen LogP contribution < -0.4 is 4.74 Å². The number of nitrogens with one attached hydrogen (secondary N) is 2. The molecule has 0 saturated carbocycles. The number of aromatic nitrogens is 4. The van der Waals surface area contributed by atoms with Crippen molar-refractivity contribution in [1.82, 2.24) is 20.2 Å². The normalized spacial score (nSPS) is 11.1. The zero-order chi connectivity index (χ0) is 24.4. The Hall–Kier alpha value is -4.18. The zero-order valence-corrected chi connectivity index (χ0v) is 18.9. The van der Waals surface area contributed by atoms with Gasteiger partial charge >= 0.3 is 5.97 Å². The number of aliphatic carboxylic acids is 1. The van der Waals surface area contributed by atoms with Crippen LogP contribution in [-0.2, 0) is 11.2 Å². The van der Waals surface area contributed by atoms with Crippen LogP contribution in [0.25, 0.3) is 22.3 Å². The summed E-state index contributed by atoms with van der Waals surface area (Å²) in [7, 11) is 0. The lowest BCUT2D eigenvalue weighted by atomic mass is 10.1. The summed E-state index contributed by atoms with van der Waals surface area (Å²) in [6, 6.07) is 17.0. The number of aromatic amines is 2. The minimum absolute atomic E-state index is 0.0127. The van der Waals surface area contributed by atoms with Crippen LogP contribution in [0.15, 0.2) is 71.8 Å². The van der Waals surface area contributed by atoms with Crippen LogP contribution >= 0.6 is 11.8 Å². The summed E-state index contributed by atoms with van der Waals surface area (Å²) < 4.78 is 34.8. The number of ether oxygens (including phenoxy) is 1. The number of benzene rings is 3. The third-order valence-electron chi connectivity index (χ3n) is 5.20. The van der Waals surface area contributed by atoms with Crippen LogP contribution in [0.5, 0.6) is 11.5 Å². The Morgan fingerprint density at radius 3 is 2.77 bits per heavy atom. The van der Waals surface area contributed by atoms with E-state index in [2.05, 4.69) is 20.2 Å². The van der Waals surface area contributed by atoms with Gasteiger partial charge in [-0.2, -0.15) is 0 Å². The van der Waals surface area contributed by atoms with Crippen molar-refractivity contribution in [2.45, 2.75) is 11.3 Å². The third-order valence-corrected chi connectivity index (χ3v) is 6.17. The van der Waals surface area contributed by atoms with Gasteiger partial charge in [0.15, 0.2) is 23.2 Å². The van der Waals surface area contributed by atoms with E-state index in [1.807, 2.05) is 24.3 Å². The third kappa shape index (κ3) is 5.02. The molecule has 3 N–H and O–H groups in total. The molecule has 0 unspecified atom stereocenters.